The predicted molar refractivity (Wildman–Crippen MR) is 115 cm³/mol. The van der Waals surface area contributed by atoms with Gasteiger partial charge in [-0.15, -0.1) is 0 Å². The van der Waals surface area contributed by atoms with Gasteiger partial charge >= 0.3 is 11.9 Å². The molecule has 2 aliphatic rings. The molecular formula is C23H26N2O6. The molecule has 0 unspecified atom stereocenters. The van der Waals surface area contributed by atoms with Crippen LogP contribution in [0.3, 0.4) is 0 Å². The summed E-state index contributed by atoms with van der Waals surface area (Å²) in [5.41, 5.74) is 4.50. The lowest BCUT2D eigenvalue weighted by Gasteiger charge is -2.46. The number of hydrogen-bond acceptors (Lipinski definition) is 8. The fraction of sp³-hybridized carbons (Fsp3) is 0.391. The van der Waals surface area contributed by atoms with Crippen molar-refractivity contribution in [3.63, 3.8) is 0 Å². The lowest BCUT2D eigenvalue weighted by molar-refractivity contribution is 0.0517. The fourth-order valence-electron chi connectivity index (χ4n) is 4.30. The van der Waals surface area contributed by atoms with Crippen molar-refractivity contribution in [2.75, 3.05) is 43.9 Å². The fourth-order valence-corrected chi connectivity index (χ4v) is 4.30. The Labute approximate surface area is 181 Å². The Morgan fingerprint density at radius 2 is 1.19 bits per heavy atom. The van der Waals surface area contributed by atoms with Crippen LogP contribution >= 0.6 is 0 Å². The summed E-state index contributed by atoms with van der Waals surface area (Å²) in [7, 11) is 3.14. The molecular weight excluding hydrogens is 400 g/mol. The summed E-state index contributed by atoms with van der Waals surface area (Å²) in [4.78, 5) is 29.6. The average molecular weight is 426 g/mol. The highest BCUT2D eigenvalue weighted by atomic mass is 16.5. The number of esters is 2. The van der Waals surface area contributed by atoms with E-state index >= 15 is 0 Å². The van der Waals surface area contributed by atoms with Crippen LogP contribution in [0.5, 0.6) is 11.5 Å². The van der Waals surface area contributed by atoms with Crippen LogP contribution in [0.4, 0.5) is 11.4 Å². The van der Waals surface area contributed by atoms with E-state index in [9.17, 15) is 9.59 Å². The molecule has 8 heteroatoms. The monoisotopic (exact) mass is 426 g/mol. The minimum absolute atomic E-state index is 0.292. The molecule has 0 radical (unpaired) electrons. The van der Waals surface area contributed by atoms with Crippen molar-refractivity contribution in [2.45, 2.75) is 26.9 Å². The van der Waals surface area contributed by atoms with Crippen molar-refractivity contribution in [2.24, 2.45) is 0 Å². The first-order valence-electron chi connectivity index (χ1n) is 10.3. The van der Waals surface area contributed by atoms with Gasteiger partial charge in [-0.05, 0) is 49.2 Å². The number of carbonyl (C=O) groups excluding carboxylic acids is 2. The third kappa shape index (κ3) is 3.62. The van der Waals surface area contributed by atoms with Crippen LogP contribution in [0.2, 0.25) is 0 Å². The van der Waals surface area contributed by atoms with Gasteiger partial charge in [0.25, 0.3) is 0 Å². The van der Waals surface area contributed by atoms with Gasteiger partial charge in [0.1, 0.15) is 11.5 Å². The smallest absolute Gasteiger partial charge is 0.340 e. The second kappa shape index (κ2) is 8.37. The number of anilines is 2. The molecule has 31 heavy (non-hydrogen) atoms. The van der Waals surface area contributed by atoms with Gasteiger partial charge in [-0.2, -0.15) is 0 Å². The Hall–Kier alpha value is -3.42. The standard InChI is InChI=1S/C23H26N2O6/c1-5-30-22(26)18-9-16(28-3)7-14-11-25-13-24(20(14)18)12-15-8-17(29-4)10-19(21(15)25)23(27)31-6-2/h7-10H,5-6,11-13H2,1-4H3. The Bertz CT molecular complexity index is 954. The Kier molecular flexibility index (Phi) is 5.63. The minimum Gasteiger partial charge on any atom is -0.497 e. The van der Waals surface area contributed by atoms with Crippen molar-refractivity contribution < 1.29 is 28.5 Å². The Morgan fingerprint density at radius 3 is 1.55 bits per heavy atom. The Morgan fingerprint density at radius 1 is 0.774 bits per heavy atom. The minimum atomic E-state index is -0.380. The summed E-state index contributed by atoms with van der Waals surface area (Å²) in [5, 5.41) is 0. The number of ether oxygens (including phenoxy) is 4. The van der Waals surface area contributed by atoms with E-state index in [-0.39, 0.29) is 11.9 Å². The number of nitrogens with zero attached hydrogens (tertiary/aromatic N) is 2. The van der Waals surface area contributed by atoms with Crippen molar-refractivity contribution >= 4 is 23.3 Å². The molecule has 0 aliphatic carbocycles. The summed E-state index contributed by atoms with van der Waals surface area (Å²) in [5.74, 6) is 0.416. The zero-order valence-electron chi connectivity index (χ0n) is 18.2. The van der Waals surface area contributed by atoms with Crippen molar-refractivity contribution in [1.82, 2.24) is 0 Å². The van der Waals surface area contributed by atoms with Gasteiger partial charge in [0, 0.05) is 13.1 Å². The number of carbonyl (C=O) groups is 2. The maximum Gasteiger partial charge on any atom is 0.340 e. The van der Waals surface area contributed by atoms with Crippen LogP contribution in [0.15, 0.2) is 24.3 Å². The van der Waals surface area contributed by atoms with Crippen molar-refractivity contribution in [1.29, 1.82) is 0 Å². The highest BCUT2D eigenvalue weighted by Gasteiger charge is 2.36. The molecule has 8 nitrogen and oxygen atoms in total. The van der Waals surface area contributed by atoms with E-state index in [1.165, 1.54) is 0 Å². The zero-order chi connectivity index (χ0) is 22.1. The molecule has 164 valence electrons. The van der Waals surface area contributed by atoms with Gasteiger partial charge < -0.3 is 28.7 Å². The number of benzene rings is 2. The molecule has 0 N–H and O–H groups in total. The van der Waals surface area contributed by atoms with Gasteiger partial charge in [-0.1, -0.05) is 0 Å². The molecule has 2 aliphatic heterocycles. The first-order chi connectivity index (χ1) is 15.0. The van der Waals surface area contributed by atoms with Crippen molar-refractivity contribution in [3.8, 4) is 11.5 Å². The molecule has 0 spiro atoms. The summed E-state index contributed by atoms with van der Waals surface area (Å²) in [6, 6.07) is 7.29. The number of rotatable bonds is 6. The second-order valence-electron chi connectivity index (χ2n) is 7.34. The van der Waals surface area contributed by atoms with E-state index in [2.05, 4.69) is 9.80 Å². The van der Waals surface area contributed by atoms with Crippen LogP contribution in [0.1, 0.15) is 45.7 Å². The van der Waals surface area contributed by atoms with Crippen LogP contribution in [-0.2, 0) is 22.6 Å². The summed E-state index contributed by atoms with van der Waals surface area (Å²) in [6.45, 7) is 5.72. The number of hydrogen-bond donors (Lipinski definition) is 0. The normalized spacial score (nSPS) is 13.8. The van der Waals surface area contributed by atoms with Gasteiger partial charge in [0.05, 0.1) is 56.6 Å². The first-order valence-corrected chi connectivity index (χ1v) is 10.3. The molecule has 0 fully saturated rings. The van der Waals surface area contributed by atoms with E-state index in [0.717, 1.165) is 22.5 Å². The molecule has 2 bridgehead atoms. The highest BCUT2D eigenvalue weighted by Crippen LogP contribution is 2.44. The van der Waals surface area contributed by atoms with Crippen LogP contribution in [0.25, 0.3) is 0 Å². The molecule has 2 heterocycles. The predicted octanol–water partition coefficient (Wildman–Crippen LogP) is 3.35. The molecule has 2 aromatic rings. The van der Waals surface area contributed by atoms with E-state index in [0.29, 0.717) is 55.6 Å². The van der Waals surface area contributed by atoms with E-state index in [4.69, 9.17) is 18.9 Å². The van der Waals surface area contributed by atoms with Crippen molar-refractivity contribution in [3.05, 3.63) is 46.5 Å². The first kappa shape index (κ1) is 20.8. The maximum atomic E-state index is 12.7. The van der Waals surface area contributed by atoms with Gasteiger partial charge in [0.15, 0.2) is 0 Å². The largest absolute Gasteiger partial charge is 0.497 e. The SMILES string of the molecule is CCOC(=O)c1cc(OC)cc2c1N1Cc3cc(OC)cc(C(=O)OCC)c3N(C2)C1. The summed E-state index contributed by atoms with van der Waals surface area (Å²) < 4.78 is 21.5. The maximum absolute atomic E-state index is 12.7. The third-order valence-corrected chi connectivity index (χ3v) is 5.48. The third-order valence-electron chi connectivity index (χ3n) is 5.48. The Balaban J connectivity index is 1.84. The van der Waals surface area contributed by atoms with Gasteiger partial charge in [-0.25, -0.2) is 9.59 Å². The lowest BCUT2D eigenvalue weighted by atomic mass is 9.95. The van der Waals surface area contributed by atoms with E-state index in [1.54, 1.807) is 40.2 Å². The highest BCUT2D eigenvalue weighted by molar-refractivity contribution is 6.00. The van der Waals surface area contributed by atoms with Crippen LogP contribution < -0.4 is 19.3 Å². The second-order valence-corrected chi connectivity index (χ2v) is 7.34. The van der Waals surface area contributed by atoms with Crippen LogP contribution in [0, 0.1) is 0 Å². The lowest BCUT2D eigenvalue weighted by Crippen LogP contribution is -2.47. The van der Waals surface area contributed by atoms with E-state index < -0.39 is 0 Å². The van der Waals surface area contributed by atoms with Gasteiger partial charge in [-0.3, -0.25) is 0 Å². The zero-order valence-corrected chi connectivity index (χ0v) is 18.2. The quantitative estimate of drug-likeness (QED) is 0.651. The molecule has 0 saturated carbocycles. The molecule has 0 saturated heterocycles. The average Bonchev–Trinajstić information content (AvgIpc) is 2.77. The number of fused-ring (bicyclic) bond motifs is 6. The molecule has 0 aromatic heterocycles. The molecule has 0 atom stereocenters. The molecule has 4 rings (SSSR count). The summed E-state index contributed by atoms with van der Waals surface area (Å²) in [6.07, 6.45) is 0. The molecule has 2 aromatic carbocycles. The van der Waals surface area contributed by atoms with Crippen LogP contribution in [-0.4, -0.2) is 46.0 Å². The topological polar surface area (TPSA) is 77.5 Å². The van der Waals surface area contributed by atoms with E-state index in [1.807, 2.05) is 12.1 Å². The molecule has 0 amide bonds. The number of methoxy groups -OCH3 is 2. The van der Waals surface area contributed by atoms with Gasteiger partial charge in [0.2, 0.25) is 0 Å². The summed E-state index contributed by atoms with van der Waals surface area (Å²) >= 11 is 0.